The monoisotopic (exact) mass is 369 g/mol. The van der Waals surface area contributed by atoms with Gasteiger partial charge in [-0.3, -0.25) is 0 Å². The highest BCUT2D eigenvalue weighted by atomic mass is 32.2. The van der Waals surface area contributed by atoms with Gasteiger partial charge in [-0.1, -0.05) is 55.5 Å². The summed E-state index contributed by atoms with van der Waals surface area (Å²) in [4.78, 5) is 14.2. The van der Waals surface area contributed by atoms with Crippen molar-refractivity contribution in [2.45, 2.75) is 32.2 Å². The Hall–Kier alpha value is -1.94. The van der Waals surface area contributed by atoms with Crippen LogP contribution in [-0.4, -0.2) is 42.2 Å². The number of benzene rings is 2. The summed E-state index contributed by atoms with van der Waals surface area (Å²) in [5, 5.41) is 0. The second kappa shape index (κ2) is 8.63. The zero-order valence-corrected chi connectivity index (χ0v) is 16.6. The molecule has 2 aromatic rings. The number of carbonyl (C=O) groups is 1. The van der Waals surface area contributed by atoms with Gasteiger partial charge < -0.3 is 9.64 Å². The first-order chi connectivity index (χ1) is 12.6. The van der Waals surface area contributed by atoms with Crippen LogP contribution in [0.3, 0.4) is 0 Å². The number of nitrogens with zero attached hydrogens (tertiary/aromatic N) is 1. The van der Waals surface area contributed by atoms with E-state index < -0.39 is 0 Å². The van der Waals surface area contributed by atoms with E-state index in [-0.39, 0.29) is 18.1 Å². The van der Waals surface area contributed by atoms with E-state index in [1.165, 1.54) is 22.3 Å². The molecule has 2 aromatic carbocycles. The van der Waals surface area contributed by atoms with Crippen molar-refractivity contribution in [2.75, 3.05) is 25.2 Å². The van der Waals surface area contributed by atoms with Gasteiger partial charge in [0.2, 0.25) is 0 Å². The first-order valence-electron chi connectivity index (χ1n) is 9.29. The largest absolute Gasteiger partial charge is 0.448 e. The van der Waals surface area contributed by atoms with Crippen molar-refractivity contribution in [1.29, 1.82) is 0 Å². The van der Waals surface area contributed by atoms with Crippen LogP contribution in [0.1, 0.15) is 37.3 Å². The van der Waals surface area contributed by atoms with E-state index in [1.54, 1.807) is 4.90 Å². The summed E-state index contributed by atoms with van der Waals surface area (Å²) in [5.74, 6) is 2.30. The lowest BCUT2D eigenvalue weighted by molar-refractivity contribution is 0.0965. The quantitative estimate of drug-likeness (QED) is 0.612. The lowest BCUT2D eigenvalue weighted by Crippen LogP contribution is -2.36. The van der Waals surface area contributed by atoms with Crippen LogP contribution in [-0.2, 0) is 4.74 Å². The smallest absolute Gasteiger partial charge is 0.409 e. The molecule has 0 fully saturated rings. The summed E-state index contributed by atoms with van der Waals surface area (Å²) in [6.07, 6.45) is 0.750. The van der Waals surface area contributed by atoms with E-state index in [9.17, 15) is 4.79 Å². The van der Waals surface area contributed by atoms with Gasteiger partial charge >= 0.3 is 6.09 Å². The molecule has 1 atom stereocenters. The molecule has 0 bridgehead atoms. The van der Waals surface area contributed by atoms with Crippen molar-refractivity contribution in [2.24, 2.45) is 0 Å². The Morgan fingerprint density at radius 3 is 2.27 bits per heavy atom. The second-order valence-electron chi connectivity index (χ2n) is 6.75. The van der Waals surface area contributed by atoms with Crippen molar-refractivity contribution in [1.82, 2.24) is 4.90 Å². The molecule has 138 valence electrons. The zero-order chi connectivity index (χ0) is 18.5. The van der Waals surface area contributed by atoms with E-state index in [2.05, 4.69) is 62.4 Å². The Balaban J connectivity index is 1.65. The number of amides is 1. The molecule has 0 aliphatic heterocycles. The maximum atomic E-state index is 12.5. The third-order valence-electron chi connectivity index (χ3n) is 5.17. The molecule has 0 saturated heterocycles. The summed E-state index contributed by atoms with van der Waals surface area (Å²) in [6, 6.07) is 17.0. The van der Waals surface area contributed by atoms with Gasteiger partial charge in [0.25, 0.3) is 0 Å². The molecule has 4 heteroatoms. The Morgan fingerprint density at radius 2 is 1.69 bits per heavy atom. The minimum atomic E-state index is -0.235. The van der Waals surface area contributed by atoms with Gasteiger partial charge in [0.05, 0.1) is 0 Å². The van der Waals surface area contributed by atoms with Gasteiger partial charge in [0.1, 0.15) is 6.61 Å². The van der Waals surface area contributed by atoms with Crippen molar-refractivity contribution in [3.63, 3.8) is 0 Å². The predicted octanol–water partition coefficient (Wildman–Crippen LogP) is 5.40. The van der Waals surface area contributed by atoms with E-state index >= 15 is 0 Å². The number of fused-ring (bicyclic) bond motifs is 3. The summed E-state index contributed by atoms with van der Waals surface area (Å²) in [6.45, 7) is 4.62. The van der Waals surface area contributed by atoms with E-state index in [0.29, 0.717) is 6.61 Å². The molecule has 0 saturated carbocycles. The van der Waals surface area contributed by atoms with Gasteiger partial charge in [-0.25, -0.2) is 4.79 Å². The summed E-state index contributed by atoms with van der Waals surface area (Å²) >= 11 is 1.91. The van der Waals surface area contributed by atoms with Gasteiger partial charge in [0.15, 0.2) is 0 Å². The fourth-order valence-corrected chi connectivity index (χ4v) is 4.26. The van der Waals surface area contributed by atoms with Crippen LogP contribution in [0.4, 0.5) is 4.79 Å². The number of ether oxygens (including phenoxy) is 1. The SMILES string of the molecule is CCSCC[C@@H](C)N(C)C(=O)OCC1c2ccccc2-c2ccccc21. The van der Waals surface area contributed by atoms with Crippen molar-refractivity contribution in [3.8, 4) is 11.1 Å². The molecule has 0 aromatic heterocycles. The molecule has 0 radical (unpaired) electrons. The van der Waals surface area contributed by atoms with Gasteiger partial charge in [-0.15, -0.1) is 0 Å². The topological polar surface area (TPSA) is 29.5 Å². The highest BCUT2D eigenvalue weighted by molar-refractivity contribution is 7.99. The van der Waals surface area contributed by atoms with E-state index in [4.69, 9.17) is 4.74 Å². The van der Waals surface area contributed by atoms with Gasteiger partial charge in [0, 0.05) is 19.0 Å². The molecule has 3 rings (SSSR count). The molecule has 3 nitrogen and oxygen atoms in total. The summed E-state index contributed by atoms with van der Waals surface area (Å²) in [5.41, 5.74) is 5.00. The Labute approximate surface area is 160 Å². The molecule has 1 aliphatic rings. The molecular formula is C22H27NO2S. The Bertz CT molecular complexity index is 716. The zero-order valence-electron chi connectivity index (χ0n) is 15.8. The van der Waals surface area contributed by atoms with Crippen LogP contribution in [0, 0.1) is 0 Å². The first-order valence-corrected chi connectivity index (χ1v) is 10.4. The Kier molecular flexibility index (Phi) is 6.25. The van der Waals surface area contributed by atoms with Crippen molar-refractivity contribution < 1.29 is 9.53 Å². The highest BCUT2D eigenvalue weighted by Crippen LogP contribution is 2.44. The average Bonchev–Trinajstić information content (AvgIpc) is 2.99. The van der Waals surface area contributed by atoms with Crippen LogP contribution >= 0.6 is 11.8 Å². The predicted molar refractivity (Wildman–Crippen MR) is 110 cm³/mol. The molecule has 0 unspecified atom stereocenters. The molecule has 0 N–H and O–H groups in total. The average molecular weight is 370 g/mol. The highest BCUT2D eigenvalue weighted by Gasteiger charge is 2.29. The summed E-state index contributed by atoms with van der Waals surface area (Å²) in [7, 11) is 1.83. The van der Waals surface area contributed by atoms with E-state index in [1.807, 2.05) is 18.8 Å². The number of carbonyl (C=O) groups excluding carboxylic acids is 1. The maximum absolute atomic E-state index is 12.5. The molecule has 1 aliphatic carbocycles. The lowest BCUT2D eigenvalue weighted by Gasteiger charge is -2.25. The van der Waals surface area contributed by atoms with Crippen LogP contribution in [0.2, 0.25) is 0 Å². The molecule has 1 amide bonds. The fourth-order valence-electron chi connectivity index (χ4n) is 3.47. The van der Waals surface area contributed by atoms with Crippen LogP contribution in [0.5, 0.6) is 0 Å². The second-order valence-corrected chi connectivity index (χ2v) is 8.14. The number of rotatable bonds is 7. The fraction of sp³-hybridized carbons (Fsp3) is 0.409. The number of thioether (sulfide) groups is 1. The lowest BCUT2D eigenvalue weighted by atomic mass is 9.98. The minimum absolute atomic E-state index is 0.116. The maximum Gasteiger partial charge on any atom is 0.409 e. The molecule has 0 spiro atoms. The third kappa shape index (κ3) is 3.90. The van der Waals surface area contributed by atoms with Crippen molar-refractivity contribution >= 4 is 17.9 Å². The van der Waals surface area contributed by atoms with Crippen LogP contribution in [0.15, 0.2) is 48.5 Å². The first kappa shape index (κ1) is 18.8. The number of hydrogen-bond donors (Lipinski definition) is 0. The molecule has 26 heavy (non-hydrogen) atoms. The third-order valence-corrected chi connectivity index (χ3v) is 6.10. The standard InChI is InChI=1S/C22H27NO2S/c1-4-26-14-13-16(2)23(3)22(24)25-15-21-19-11-7-5-9-17(19)18-10-6-8-12-20(18)21/h5-12,16,21H,4,13-15H2,1-3H3/t16-/m1/s1. The van der Waals surface area contributed by atoms with Crippen LogP contribution < -0.4 is 0 Å². The normalized spacial score (nSPS) is 13.8. The van der Waals surface area contributed by atoms with Crippen molar-refractivity contribution in [3.05, 3.63) is 59.7 Å². The van der Waals surface area contributed by atoms with E-state index in [0.717, 1.165) is 17.9 Å². The molecule has 0 heterocycles. The summed E-state index contributed by atoms with van der Waals surface area (Å²) < 4.78 is 5.71. The molecular weight excluding hydrogens is 342 g/mol. The van der Waals surface area contributed by atoms with Crippen LogP contribution in [0.25, 0.3) is 11.1 Å². The minimum Gasteiger partial charge on any atom is -0.448 e. The number of hydrogen-bond acceptors (Lipinski definition) is 3. The van der Waals surface area contributed by atoms with Gasteiger partial charge in [-0.05, 0) is 47.1 Å². The Morgan fingerprint density at radius 1 is 1.12 bits per heavy atom. The van der Waals surface area contributed by atoms with Gasteiger partial charge in [-0.2, -0.15) is 11.8 Å².